The Morgan fingerprint density at radius 2 is 1.90 bits per heavy atom. The van der Waals surface area contributed by atoms with E-state index in [0.29, 0.717) is 37.3 Å². The number of hydrogen-bond acceptors (Lipinski definition) is 4. The third-order valence-corrected chi connectivity index (χ3v) is 7.73. The number of carbonyl (C=O) groups is 1. The molecule has 1 aromatic rings. The van der Waals surface area contributed by atoms with Gasteiger partial charge in [-0.2, -0.15) is 4.31 Å². The lowest BCUT2D eigenvalue weighted by molar-refractivity contribution is -0.117. The van der Waals surface area contributed by atoms with Crippen LogP contribution in [0.25, 0.3) is 0 Å². The lowest BCUT2D eigenvalue weighted by atomic mass is 10.1. The highest BCUT2D eigenvalue weighted by Gasteiger charge is 2.30. The van der Waals surface area contributed by atoms with Gasteiger partial charge in [-0.15, -0.1) is 0 Å². The minimum Gasteiger partial charge on any atom is -0.325 e. The highest BCUT2D eigenvalue weighted by molar-refractivity contribution is 7.89. The van der Waals surface area contributed by atoms with Gasteiger partial charge in [0.2, 0.25) is 15.9 Å². The maximum Gasteiger partial charge on any atom is 0.243 e. The number of rotatable bonds is 9. The molecular weight excluding hydrogens is 386 g/mol. The van der Waals surface area contributed by atoms with Crippen molar-refractivity contribution in [1.82, 2.24) is 9.21 Å². The smallest absolute Gasteiger partial charge is 0.243 e. The average molecular weight is 422 g/mol. The molecular formula is C22H35N3O3S. The zero-order valence-corrected chi connectivity index (χ0v) is 18.8. The second-order valence-corrected chi connectivity index (χ2v) is 10.8. The SMILES string of the molecule is Cc1ccc(S(=O)(=O)N2CCCCC2)cc1NC(=O)CN(CCC(C)C)C1CC1. The molecule has 2 aliphatic rings. The Bertz CT molecular complexity index is 813. The molecule has 1 amide bonds. The van der Waals surface area contributed by atoms with E-state index in [4.69, 9.17) is 0 Å². The molecule has 1 aromatic carbocycles. The molecule has 3 rings (SSSR count). The molecule has 0 atom stereocenters. The lowest BCUT2D eigenvalue weighted by Gasteiger charge is -2.26. The Labute approximate surface area is 175 Å². The highest BCUT2D eigenvalue weighted by atomic mass is 32.2. The van der Waals surface area contributed by atoms with Crippen molar-refractivity contribution in [3.05, 3.63) is 23.8 Å². The summed E-state index contributed by atoms with van der Waals surface area (Å²) in [6.07, 6.45) is 6.29. The molecule has 6 nitrogen and oxygen atoms in total. The molecule has 29 heavy (non-hydrogen) atoms. The van der Waals surface area contributed by atoms with E-state index in [-0.39, 0.29) is 10.8 Å². The molecule has 1 saturated carbocycles. The molecule has 0 radical (unpaired) electrons. The summed E-state index contributed by atoms with van der Waals surface area (Å²) in [7, 11) is -3.51. The van der Waals surface area contributed by atoms with Crippen LogP contribution < -0.4 is 5.32 Å². The summed E-state index contributed by atoms with van der Waals surface area (Å²) < 4.78 is 27.5. The van der Waals surface area contributed by atoms with E-state index in [1.807, 2.05) is 6.92 Å². The van der Waals surface area contributed by atoms with Crippen molar-refractivity contribution >= 4 is 21.6 Å². The molecule has 1 heterocycles. The number of piperidine rings is 1. The van der Waals surface area contributed by atoms with Crippen LogP contribution in [-0.4, -0.2) is 55.8 Å². The van der Waals surface area contributed by atoms with Gasteiger partial charge < -0.3 is 5.32 Å². The predicted molar refractivity (Wildman–Crippen MR) is 116 cm³/mol. The van der Waals surface area contributed by atoms with E-state index in [1.165, 1.54) is 0 Å². The van der Waals surface area contributed by atoms with Crippen molar-refractivity contribution in [3.8, 4) is 0 Å². The molecule has 0 bridgehead atoms. The third kappa shape index (κ3) is 6.03. The van der Waals surface area contributed by atoms with Crippen LogP contribution in [0.15, 0.2) is 23.1 Å². The first kappa shape index (κ1) is 22.2. The molecule has 1 aliphatic carbocycles. The van der Waals surface area contributed by atoms with Crippen LogP contribution >= 0.6 is 0 Å². The second-order valence-electron chi connectivity index (χ2n) is 8.87. The van der Waals surface area contributed by atoms with Crippen LogP contribution in [0.4, 0.5) is 5.69 Å². The fourth-order valence-corrected chi connectivity index (χ4v) is 5.32. The number of sulfonamides is 1. The normalized spacial score (nSPS) is 18.4. The summed E-state index contributed by atoms with van der Waals surface area (Å²) in [5.74, 6) is 0.537. The van der Waals surface area contributed by atoms with Crippen molar-refractivity contribution in [3.63, 3.8) is 0 Å². The largest absolute Gasteiger partial charge is 0.325 e. The minimum absolute atomic E-state index is 0.0729. The Morgan fingerprint density at radius 3 is 2.52 bits per heavy atom. The molecule has 0 spiro atoms. The van der Waals surface area contributed by atoms with Gasteiger partial charge in [-0.05, 0) is 69.2 Å². The maximum atomic E-state index is 13.0. The summed E-state index contributed by atoms with van der Waals surface area (Å²) in [6.45, 7) is 8.72. The van der Waals surface area contributed by atoms with Crippen LogP contribution in [0.3, 0.4) is 0 Å². The number of nitrogens with one attached hydrogen (secondary N) is 1. The summed E-state index contributed by atoms with van der Waals surface area (Å²) in [4.78, 5) is 15.2. The molecule has 1 N–H and O–H groups in total. The van der Waals surface area contributed by atoms with Gasteiger partial charge in [0.15, 0.2) is 0 Å². The van der Waals surface area contributed by atoms with E-state index in [9.17, 15) is 13.2 Å². The van der Waals surface area contributed by atoms with Gasteiger partial charge in [-0.1, -0.05) is 26.3 Å². The average Bonchev–Trinajstić information content (AvgIpc) is 3.52. The fraction of sp³-hybridized carbons (Fsp3) is 0.682. The summed E-state index contributed by atoms with van der Waals surface area (Å²) in [5, 5.41) is 2.96. The first-order chi connectivity index (χ1) is 13.8. The molecule has 162 valence electrons. The molecule has 0 unspecified atom stereocenters. The first-order valence-corrected chi connectivity index (χ1v) is 12.4. The van der Waals surface area contributed by atoms with E-state index in [1.54, 1.807) is 22.5 Å². The zero-order valence-electron chi connectivity index (χ0n) is 18.0. The number of anilines is 1. The van der Waals surface area contributed by atoms with E-state index in [2.05, 4.69) is 24.1 Å². The van der Waals surface area contributed by atoms with E-state index < -0.39 is 10.0 Å². The Morgan fingerprint density at radius 1 is 1.21 bits per heavy atom. The molecule has 7 heteroatoms. The topological polar surface area (TPSA) is 69.7 Å². The van der Waals surface area contributed by atoms with Crippen LogP contribution in [-0.2, 0) is 14.8 Å². The van der Waals surface area contributed by atoms with Gasteiger partial charge in [0.25, 0.3) is 0 Å². The zero-order chi connectivity index (χ0) is 21.0. The van der Waals surface area contributed by atoms with Crippen LogP contribution in [0, 0.1) is 12.8 Å². The molecule has 1 aliphatic heterocycles. The minimum atomic E-state index is -3.51. The van der Waals surface area contributed by atoms with Gasteiger partial charge in [0.05, 0.1) is 11.4 Å². The summed E-state index contributed by atoms with van der Waals surface area (Å²) in [6, 6.07) is 5.57. The molecule has 1 saturated heterocycles. The van der Waals surface area contributed by atoms with Crippen molar-refractivity contribution in [2.45, 2.75) is 70.2 Å². The van der Waals surface area contributed by atoms with Gasteiger partial charge in [0.1, 0.15) is 0 Å². The van der Waals surface area contributed by atoms with Gasteiger partial charge in [-0.3, -0.25) is 9.69 Å². The lowest BCUT2D eigenvalue weighted by Crippen LogP contribution is -2.36. The van der Waals surface area contributed by atoms with Crippen LogP contribution in [0.2, 0.25) is 0 Å². The van der Waals surface area contributed by atoms with Crippen molar-refractivity contribution in [1.29, 1.82) is 0 Å². The number of amides is 1. The van der Waals surface area contributed by atoms with Crippen molar-refractivity contribution in [2.75, 3.05) is 31.5 Å². The standard InChI is InChI=1S/C22H35N3O3S/c1-17(2)11-14-24(19-8-9-19)16-22(26)23-21-15-20(10-7-18(21)3)29(27,28)25-12-5-4-6-13-25/h7,10,15,17,19H,4-6,8-9,11-14,16H2,1-3H3,(H,23,26). The van der Waals surface area contributed by atoms with E-state index >= 15 is 0 Å². The predicted octanol–water partition coefficient (Wildman–Crippen LogP) is 3.62. The van der Waals surface area contributed by atoms with Gasteiger partial charge in [0, 0.05) is 24.8 Å². The van der Waals surface area contributed by atoms with Crippen LogP contribution in [0.5, 0.6) is 0 Å². The van der Waals surface area contributed by atoms with Crippen molar-refractivity contribution in [2.24, 2.45) is 5.92 Å². The molecule has 2 fully saturated rings. The number of nitrogens with zero attached hydrogens (tertiary/aromatic N) is 2. The fourth-order valence-electron chi connectivity index (χ4n) is 3.78. The first-order valence-electron chi connectivity index (χ1n) is 10.9. The van der Waals surface area contributed by atoms with Gasteiger partial charge in [-0.25, -0.2) is 8.42 Å². The van der Waals surface area contributed by atoms with Crippen molar-refractivity contribution < 1.29 is 13.2 Å². The number of carbonyl (C=O) groups excluding carboxylic acids is 1. The maximum absolute atomic E-state index is 13.0. The number of aryl methyl sites for hydroxylation is 1. The van der Waals surface area contributed by atoms with Gasteiger partial charge >= 0.3 is 0 Å². The second kappa shape index (κ2) is 9.58. The van der Waals surface area contributed by atoms with Crippen LogP contribution in [0.1, 0.15) is 57.9 Å². The summed E-state index contributed by atoms with van der Waals surface area (Å²) >= 11 is 0. The Balaban J connectivity index is 1.68. The Hall–Kier alpha value is -1.44. The quantitative estimate of drug-likeness (QED) is 0.661. The Kier molecular flexibility index (Phi) is 7.35. The summed E-state index contributed by atoms with van der Waals surface area (Å²) in [5.41, 5.74) is 1.46. The molecule has 0 aromatic heterocycles. The monoisotopic (exact) mass is 421 g/mol. The van der Waals surface area contributed by atoms with E-state index in [0.717, 1.165) is 50.6 Å². The third-order valence-electron chi connectivity index (χ3n) is 5.84. The highest BCUT2D eigenvalue weighted by Crippen LogP contribution is 2.28. The number of benzene rings is 1. The number of hydrogen-bond donors (Lipinski definition) is 1.